The van der Waals surface area contributed by atoms with Gasteiger partial charge in [-0.2, -0.15) is 0 Å². The molecule has 0 aromatic carbocycles. The number of rotatable bonds is 4. The highest BCUT2D eigenvalue weighted by atomic mass is 32.1. The van der Waals surface area contributed by atoms with E-state index in [0.717, 1.165) is 28.7 Å². The van der Waals surface area contributed by atoms with Crippen LogP contribution in [-0.4, -0.2) is 19.7 Å². The number of hydrogen-bond acceptors (Lipinski definition) is 5. The fourth-order valence-corrected chi connectivity index (χ4v) is 4.38. The lowest BCUT2D eigenvalue weighted by molar-refractivity contribution is 0.377. The highest BCUT2D eigenvalue weighted by molar-refractivity contribution is 7.15. The topological polar surface area (TPSA) is 56.7 Å². The van der Waals surface area contributed by atoms with Crippen molar-refractivity contribution in [2.45, 2.75) is 51.0 Å². The number of aryl methyl sites for hydroxylation is 2. The molecule has 0 unspecified atom stereocenters. The summed E-state index contributed by atoms with van der Waals surface area (Å²) in [5.74, 6) is 2.58. The molecule has 0 bridgehead atoms. The predicted octanol–water partition coefficient (Wildman–Crippen LogP) is 3.80. The lowest BCUT2D eigenvalue weighted by Gasteiger charge is -2.06. The number of nitrogens with zero attached hydrogens (tertiary/aromatic N) is 4. The molecule has 2 aliphatic carbocycles. The van der Waals surface area contributed by atoms with Gasteiger partial charge in [0.1, 0.15) is 11.5 Å². The lowest BCUT2D eigenvalue weighted by Crippen LogP contribution is -2.01. The minimum atomic E-state index is 0.601. The van der Waals surface area contributed by atoms with E-state index in [1.165, 1.54) is 42.7 Å². The summed E-state index contributed by atoms with van der Waals surface area (Å²) in [7, 11) is 0. The van der Waals surface area contributed by atoms with E-state index in [1.807, 2.05) is 12.4 Å². The first-order chi connectivity index (χ1) is 11.4. The SMILES string of the molecule is c1cn(Cc2cc(C3CC3)on2)c(-c2nc3c(s2)CCCC3)n1. The van der Waals surface area contributed by atoms with Crippen molar-refractivity contribution in [2.75, 3.05) is 0 Å². The molecule has 0 saturated heterocycles. The molecular formula is C17H18N4OS. The van der Waals surface area contributed by atoms with Crippen LogP contribution in [-0.2, 0) is 19.4 Å². The second kappa shape index (κ2) is 5.30. The van der Waals surface area contributed by atoms with Gasteiger partial charge in [-0.3, -0.25) is 0 Å². The van der Waals surface area contributed by atoms with Gasteiger partial charge < -0.3 is 9.09 Å². The Balaban J connectivity index is 1.43. The molecule has 0 aliphatic heterocycles. The second-order valence-corrected chi connectivity index (χ2v) is 7.55. The molecule has 1 fully saturated rings. The third-order valence-electron chi connectivity index (χ3n) is 4.64. The van der Waals surface area contributed by atoms with E-state index in [4.69, 9.17) is 9.51 Å². The van der Waals surface area contributed by atoms with Gasteiger partial charge in [0.15, 0.2) is 10.8 Å². The Bertz CT molecular complexity index is 819. The third kappa shape index (κ3) is 2.51. The molecule has 23 heavy (non-hydrogen) atoms. The predicted molar refractivity (Wildman–Crippen MR) is 87.6 cm³/mol. The zero-order valence-corrected chi connectivity index (χ0v) is 13.7. The normalized spacial score (nSPS) is 17.4. The van der Waals surface area contributed by atoms with Gasteiger partial charge in [0.05, 0.1) is 12.2 Å². The van der Waals surface area contributed by atoms with Crippen molar-refractivity contribution in [2.24, 2.45) is 0 Å². The Hall–Kier alpha value is -1.95. The second-order valence-electron chi connectivity index (χ2n) is 6.47. The van der Waals surface area contributed by atoms with Gasteiger partial charge >= 0.3 is 0 Å². The molecule has 0 spiro atoms. The zero-order valence-electron chi connectivity index (χ0n) is 12.9. The van der Waals surface area contributed by atoms with Crippen LogP contribution >= 0.6 is 11.3 Å². The number of aromatic nitrogens is 4. The van der Waals surface area contributed by atoms with Crippen LogP contribution in [0.15, 0.2) is 23.0 Å². The van der Waals surface area contributed by atoms with Crippen molar-refractivity contribution in [1.29, 1.82) is 0 Å². The first kappa shape index (κ1) is 13.5. The van der Waals surface area contributed by atoms with Crippen molar-refractivity contribution >= 4 is 11.3 Å². The molecule has 6 heteroatoms. The fourth-order valence-electron chi connectivity index (χ4n) is 3.22. The van der Waals surface area contributed by atoms with Crippen LogP contribution in [0.2, 0.25) is 0 Å². The Morgan fingerprint density at radius 1 is 1.26 bits per heavy atom. The molecule has 0 radical (unpaired) electrons. The number of fused-ring (bicyclic) bond motifs is 1. The molecule has 0 atom stereocenters. The summed E-state index contributed by atoms with van der Waals surface area (Å²) in [5.41, 5.74) is 2.25. The van der Waals surface area contributed by atoms with E-state index in [0.29, 0.717) is 12.5 Å². The van der Waals surface area contributed by atoms with Crippen molar-refractivity contribution in [3.8, 4) is 10.8 Å². The Labute approximate surface area is 138 Å². The van der Waals surface area contributed by atoms with Crippen LogP contribution in [0.1, 0.15) is 53.6 Å². The maximum Gasteiger partial charge on any atom is 0.169 e. The number of thiazole rings is 1. The molecule has 5 nitrogen and oxygen atoms in total. The van der Waals surface area contributed by atoms with E-state index >= 15 is 0 Å². The van der Waals surface area contributed by atoms with E-state index in [1.54, 1.807) is 11.3 Å². The minimum absolute atomic E-state index is 0.601. The maximum absolute atomic E-state index is 5.45. The van der Waals surface area contributed by atoms with E-state index in [-0.39, 0.29) is 0 Å². The smallest absolute Gasteiger partial charge is 0.169 e. The molecule has 3 heterocycles. The molecule has 5 rings (SSSR count). The van der Waals surface area contributed by atoms with Gasteiger partial charge in [0, 0.05) is 29.3 Å². The Morgan fingerprint density at radius 3 is 3.04 bits per heavy atom. The van der Waals surface area contributed by atoms with Crippen molar-refractivity contribution in [3.05, 3.63) is 40.5 Å². The van der Waals surface area contributed by atoms with Crippen LogP contribution < -0.4 is 0 Å². The van der Waals surface area contributed by atoms with Gasteiger partial charge in [0.25, 0.3) is 0 Å². The molecule has 3 aromatic rings. The lowest BCUT2D eigenvalue weighted by atomic mass is 10.0. The van der Waals surface area contributed by atoms with Crippen LogP contribution in [0, 0.1) is 0 Å². The quantitative estimate of drug-likeness (QED) is 0.732. The van der Waals surface area contributed by atoms with Crippen LogP contribution in [0.3, 0.4) is 0 Å². The maximum atomic E-state index is 5.45. The monoisotopic (exact) mass is 326 g/mol. The molecule has 0 amide bonds. The Kier molecular flexibility index (Phi) is 3.11. The van der Waals surface area contributed by atoms with Gasteiger partial charge in [-0.05, 0) is 38.5 Å². The van der Waals surface area contributed by atoms with Crippen LogP contribution in [0.5, 0.6) is 0 Å². The fraction of sp³-hybridized carbons (Fsp3) is 0.471. The zero-order chi connectivity index (χ0) is 15.2. The van der Waals surface area contributed by atoms with Gasteiger partial charge in [-0.1, -0.05) is 5.16 Å². The summed E-state index contributed by atoms with van der Waals surface area (Å²) in [4.78, 5) is 10.8. The molecule has 3 aromatic heterocycles. The largest absolute Gasteiger partial charge is 0.361 e. The van der Waals surface area contributed by atoms with Crippen molar-refractivity contribution in [3.63, 3.8) is 0 Å². The van der Waals surface area contributed by atoms with Crippen molar-refractivity contribution in [1.82, 2.24) is 19.7 Å². The Morgan fingerprint density at radius 2 is 2.17 bits per heavy atom. The molecular weight excluding hydrogens is 308 g/mol. The molecule has 2 aliphatic rings. The standard InChI is InChI=1S/C17H18N4OS/c1-2-4-15-13(3-1)19-17(23-15)16-18-7-8-21(16)10-12-9-14(22-20-12)11-5-6-11/h7-9,11H,1-6,10H2. The number of hydrogen-bond donors (Lipinski definition) is 0. The van der Waals surface area contributed by atoms with E-state index in [2.05, 4.69) is 20.8 Å². The van der Waals surface area contributed by atoms with Crippen LogP contribution in [0.4, 0.5) is 0 Å². The first-order valence-corrected chi connectivity index (χ1v) is 9.14. The summed E-state index contributed by atoms with van der Waals surface area (Å²) in [6, 6.07) is 2.09. The van der Waals surface area contributed by atoms with Gasteiger partial charge in [-0.15, -0.1) is 11.3 Å². The first-order valence-electron chi connectivity index (χ1n) is 8.32. The minimum Gasteiger partial charge on any atom is -0.361 e. The van der Waals surface area contributed by atoms with E-state index < -0.39 is 0 Å². The summed E-state index contributed by atoms with van der Waals surface area (Å²) < 4.78 is 7.58. The molecule has 0 N–H and O–H groups in total. The highest BCUT2D eigenvalue weighted by Crippen LogP contribution is 2.40. The molecule has 118 valence electrons. The summed E-state index contributed by atoms with van der Waals surface area (Å²) >= 11 is 1.80. The van der Waals surface area contributed by atoms with E-state index in [9.17, 15) is 0 Å². The average molecular weight is 326 g/mol. The summed E-state index contributed by atoms with van der Waals surface area (Å²) in [6.07, 6.45) is 11.1. The molecule has 1 saturated carbocycles. The number of imidazole rings is 1. The average Bonchev–Trinajstić information content (AvgIpc) is 3.00. The summed E-state index contributed by atoms with van der Waals surface area (Å²) in [5, 5.41) is 5.25. The van der Waals surface area contributed by atoms with Gasteiger partial charge in [0.2, 0.25) is 0 Å². The summed E-state index contributed by atoms with van der Waals surface area (Å²) in [6.45, 7) is 0.690. The third-order valence-corrected chi connectivity index (χ3v) is 5.80. The van der Waals surface area contributed by atoms with Crippen LogP contribution in [0.25, 0.3) is 10.8 Å². The van der Waals surface area contributed by atoms with Gasteiger partial charge in [-0.25, -0.2) is 9.97 Å². The highest BCUT2D eigenvalue weighted by Gasteiger charge is 2.28. The van der Waals surface area contributed by atoms with Crippen molar-refractivity contribution < 1.29 is 4.52 Å².